The minimum Gasteiger partial charge on any atom is -0.344 e. The number of hydrogen-bond acceptors (Lipinski definition) is 4. The van der Waals surface area contributed by atoms with Crippen LogP contribution in [-0.4, -0.2) is 63.5 Å². The van der Waals surface area contributed by atoms with Gasteiger partial charge in [0, 0.05) is 13.6 Å². The molecule has 1 rings (SSSR count). The van der Waals surface area contributed by atoms with Crippen LogP contribution in [0.3, 0.4) is 0 Å². The molecule has 0 saturated heterocycles. The molecule has 0 radical (unpaired) electrons. The van der Waals surface area contributed by atoms with Crippen molar-refractivity contribution in [3.63, 3.8) is 0 Å². The minimum absolute atomic E-state index is 0.200. The van der Waals surface area contributed by atoms with Crippen LogP contribution in [0.15, 0.2) is 30.3 Å². The van der Waals surface area contributed by atoms with Gasteiger partial charge in [0.2, 0.25) is 15.9 Å². The van der Waals surface area contributed by atoms with E-state index in [1.54, 1.807) is 0 Å². The highest BCUT2D eigenvalue weighted by Gasteiger charge is 2.14. The van der Waals surface area contributed by atoms with Crippen molar-refractivity contribution in [1.82, 2.24) is 14.5 Å². The molecular formula is C16H23N3O3S. The number of nitrogens with zero attached hydrogens (tertiary/aromatic N) is 2. The first-order valence-electron chi connectivity index (χ1n) is 7.15. The van der Waals surface area contributed by atoms with Crippen molar-refractivity contribution in [2.75, 3.05) is 40.0 Å². The Morgan fingerprint density at radius 3 is 2.43 bits per heavy atom. The summed E-state index contributed by atoms with van der Waals surface area (Å²) in [5, 5.41) is 2.57. The van der Waals surface area contributed by atoms with E-state index in [0.29, 0.717) is 6.54 Å². The van der Waals surface area contributed by atoms with Gasteiger partial charge in [-0.1, -0.05) is 42.2 Å². The molecule has 0 saturated carbocycles. The summed E-state index contributed by atoms with van der Waals surface area (Å²) in [4.78, 5) is 13.6. The third kappa shape index (κ3) is 8.35. The smallest absolute Gasteiger partial charge is 0.236 e. The third-order valence-corrected chi connectivity index (χ3v) is 4.34. The topological polar surface area (TPSA) is 69.7 Å². The molecule has 0 spiro atoms. The fourth-order valence-electron chi connectivity index (χ4n) is 1.72. The standard InChI is InChI=1S/C16H23N3O3S/c1-18(13-15-9-5-4-6-10-15)12-8-7-11-17-16(20)14-19(2)23(3,21)22/h4-6,9-10H,11-14H2,1-3H3,(H,17,20). The Labute approximate surface area is 138 Å². The van der Waals surface area contributed by atoms with Crippen molar-refractivity contribution in [3.05, 3.63) is 35.9 Å². The molecule has 1 N–H and O–H groups in total. The second kappa shape index (κ2) is 9.30. The van der Waals surface area contributed by atoms with Crippen LogP contribution in [0.25, 0.3) is 0 Å². The molecule has 7 heteroatoms. The normalized spacial score (nSPS) is 11.2. The molecular weight excluding hydrogens is 314 g/mol. The van der Waals surface area contributed by atoms with Crippen LogP contribution in [0.5, 0.6) is 0 Å². The van der Waals surface area contributed by atoms with E-state index in [2.05, 4.69) is 34.2 Å². The first-order valence-corrected chi connectivity index (χ1v) is 9.00. The molecule has 1 aromatic carbocycles. The summed E-state index contributed by atoms with van der Waals surface area (Å²) in [5.74, 6) is 5.46. The predicted molar refractivity (Wildman–Crippen MR) is 91.0 cm³/mol. The zero-order valence-corrected chi connectivity index (χ0v) is 14.6. The average molecular weight is 337 g/mol. The van der Waals surface area contributed by atoms with Gasteiger partial charge in [-0.15, -0.1) is 0 Å². The van der Waals surface area contributed by atoms with E-state index in [1.807, 2.05) is 25.2 Å². The molecule has 0 bridgehead atoms. The third-order valence-electron chi connectivity index (χ3n) is 3.08. The van der Waals surface area contributed by atoms with Crippen LogP contribution in [0, 0.1) is 11.8 Å². The van der Waals surface area contributed by atoms with Gasteiger partial charge in [-0.25, -0.2) is 8.42 Å². The Kier molecular flexibility index (Phi) is 7.75. The second-order valence-electron chi connectivity index (χ2n) is 5.31. The van der Waals surface area contributed by atoms with Gasteiger partial charge in [0.05, 0.1) is 25.9 Å². The van der Waals surface area contributed by atoms with Crippen molar-refractivity contribution < 1.29 is 13.2 Å². The molecule has 126 valence electrons. The van der Waals surface area contributed by atoms with E-state index in [9.17, 15) is 13.2 Å². The number of carbonyl (C=O) groups is 1. The van der Waals surface area contributed by atoms with Crippen LogP contribution in [0.1, 0.15) is 5.56 Å². The maximum absolute atomic E-state index is 11.5. The Hall–Kier alpha value is -1.88. The van der Waals surface area contributed by atoms with Gasteiger partial charge >= 0.3 is 0 Å². The van der Waals surface area contributed by atoms with Crippen LogP contribution < -0.4 is 5.32 Å². The Balaban J connectivity index is 2.26. The van der Waals surface area contributed by atoms with Crippen molar-refractivity contribution >= 4 is 15.9 Å². The van der Waals surface area contributed by atoms with Crippen LogP contribution in [-0.2, 0) is 21.4 Å². The quantitative estimate of drug-likeness (QED) is 0.718. The number of likely N-dealkylation sites (N-methyl/N-ethyl adjacent to an activating group) is 1. The lowest BCUT2D eigenvalue weighted by Gasteiger charge is -2.13. The number of benzene rings is 1. The van der Waals surface area contributed by atoms with E-state index in [1.165, 1.54) is 12.6 Å². The summed E-state index contributed by atoms with van der Waals surface area (Å²) >= 11 is 0. The van der Waals surface area contributed by atoms with E-state index >= 15 is 0 Å². The number of sulfonamides is 1. The van der Waals surface area contributed by atoms with Crippen LogP contribution in [0.2, 0.25) is 0 Å². The number of amides is 1. The van der Waals surface area contributed by atoms with Crippen LogP contribution >= 0.6 is 0 Å². The molecule has 0 fully saturated rings. The summed E-state index contributed by atoms with van der Waals surface area (Å²) in [6.07, 6.45) is 1.06. The molecule has 0 atom stereocenters. The van der Waals surface area contributed by atoms with Gasteiger partial charge in [-0.05, 0) is 12.6 Å². The lowest BCUT2D eigenvalue weighted by Crippen LogP contribution is -2.37. The summed E-state index contributed by atoms with van der Waals surface area (Å²) in [6.45, 7) is 1.40. The van der Waals surface area contributed by atoms with Gasteiger partial charge in [-0.3, -0.25) is 9.69 Å². The van der Waals surface area contributed by atoms with Crippen molar-refractivity contribution in [3.8, 4) is 11.8 Å². The highest BCUT2D eigenvalue weighted by molar-refractivity contribution is 7.88. The SMILES string of the molecule is CN(CC#CCNC(=O)CN(C)S(C)(=O)=O)Cc1ccccc1. The van der Waals surface area contributed by atoms with Crippen molar-refractivity contribution in [1.29, 1.82) is 0 Å². The van der Waals surface area contributed by atoms with E-state index in [-0.39, 0.29) is 19.0 Å². The molecule has 1 amide bonds. The maximum atomic E-state index is 11.5. The van der Waals surface area contributed by atoms with E-state index < -0.39 is 10.0 Å². The van der Waals surface area contributed by atoms with Gasteiger partial charge in [0.1, 0.15) is 0 Å². The molecule has 0 heterocycles. The van der Waals surface area contributed by atoms with Crippen molar-refractivity contribution in [2.24, 2.45) is 0 Å². The monoisotopic (exact) mass is 337 g/mol. The van der Waals surface area contributed by atoms with Crippen LogP contribution in [0.4, 0.5) is 0 Å². The molecule has 0 aliphatic rings. The fraction of sp³-hybridized carbons (Fsp3) is 0.438. The number of rotatable bonds is 7. The molecule has 1 aromatic rings. The number of hydrogen-bond donors (Lipinski definition) is 1. The molecule has 0 unspecified atom stereocenters. The molecule has 0 aromatic heterocycles. The largest absolute Gasteiger partial charge is 0.344 e. The summed E-state index contributed by atoms with van der Waals surface area (Å²) < 4.78 is 23.4. The zero-order valence-electron chi connectivity index (χ0n) is 13.7. The maximum Gasteiger partial charge on any atom is 0.236 e. The van der Waals surface area contributed by atoms with Gasteiger partial charge in [0.25, 0.3) is 0 Å². The minimum atomic E-state index is -3.34. The number of carbonyl (C=O) groups excluding carboxylic acids is 1. The summed E-state index contributed by atoms with van der Waals surface area (Å²) in [5.41, 5.74) is 1.22. The van der Waals surface area contributed by atoms with E-state index in [4.69, 9.17) is 0 Å². The molecule has 0 aliphatic carbocycles. The van der Waals surface area contributed by atoms with Crippen molar-refractivity contribution in [2.45, 2.75) is 6.54 Å². The fourth-order valence-corrected chi connectivity index (χ4v) is 2.07. The Bertz CT molecular complexity index is 663. The Morgan fingerprint density at radius 1 is 1.17 bits per heavy atom. The first-order chi connectivity index (χ1) is 10.8. The zero-order chi connectivity index (χ0) is 17.3. The highest BCUT2D eigenvalue weighted by atomic mass is 32.2. The lowest BCUT2D eigenvalue weighted by molar-refractivity contribution is -0.120. The summed E-state index contributed by atoms with van der Waals surface area (Å²) in [6, 6.07) is 10.1. The van der Waals surface area contributed by atoms with E-state index in [0.717, 1.165) is 17.1 Å². The van der Waals surface area contributed by atoms with Gasteiger partial charge in [-0.2, -0.15) is 4.31 Å². The van der Waals surface area contributed by atoms with Gasteiger partial charge in [0.15, 0.2) is 0 Å². The average Bonchev–Trinajstić information content (AvgIpc) is 2.46. The first kappa shape index (κ1) is 19.2. The lowest BCUT2D eigenvalue weighted by atomic mass is 10.2. The summed E-state index contributed by atoms with van der Waals surface area (Å²) in [7, 11) is -0.0106. The highest BCUT2D eigenvalue weighted by Crippen LogP contribution is 2.01. The molecule has 0 aliphatic heterocycles. The molecule has 6 nitrogen and oxygen atoms in total. The van der Waals surface area contributed by atoms with Gasteiger partial charge < -0.3 is 5.32 Å². The Morgan fingerprint density at radius 2 is 1.83 bits per heavy atom. The second-order valence-corrected chi connectivity index (χ2v) is 7.40. The number of nitrogens with one attached hydrogen (secondary N) is 1. The molecule has 23 heavy (non-hydrogen) atoms. The predicted octanol–water partition coefficient (Wildman–Crippen LogP) is 0.129.